The Labute approximate surface area is 132 Å². The van der Waals surface area contributed by atoms with E-state index in [2.05, 4.69) is 4.72 Å². The summed E-state index contributed by atoms with van der Waals surface area (Å²) < 4.78 is 27.0. The number of anilines is 1. The van der Waals surface area contributed by atoms with E-state index in [0.717, 1.165) is 18.2 Å². The van der Waals surface area contributed by atoms with Gasteiger partial charge in [-0.05, 0) is 36.2 Å². The Morgan fingerprint density at radius 2 is 1.91 bits per heavy atom. The third-order valence-electron chi connectivity index (χ3n) is 3.18. The van der Waals surface area contributed by atoms with E-state index in [0.29, 0.717) is 11.1 Å². The maximum absolute atomic E-state index is 12.4. The molecule has 2 rings (SSSR count). The van der Waals surface area contributed by atoms with E-state index in [4.69, 9.17) is 5.11 Å². The van der Waals surface area contributed by atoms with Gasteiger partial charge in [-0.1, -0.05) is 12.1 Å². The molecular weight excluding hydrogens is 324 g/mol. The number of nitrogens with one attached hydrogen (secondary N) is 1. The molecule has 0 spiro atoms. The van der Waals surface area contributed by atoms with Crippen LogP contribution in [0.25, 0.3) is 0 Å². The molecule has 0 fully saturated rings. The average molecular weight is 338 g/mol. The van der Waals surface area contributed by atoms with Crippen LogP contribution in [-0.4, -0.2) is 23.6 Å². The monoisotopic (exact) mass is 338 g/mol. The number of aliphatic hydroxyl groups is 1. The summed E-state index contributed by atoms with van der Waals surface area (Å²) in [7, 11) is -4.08. The first-order valence-electron chi connectivity index (χ1n) is 6.45. The predicted molar refractivity (Wildman–Crippen MR) is 82.7 cm³/mol. The van der Waals surface area contributed by atoms with E-state index >= 15 is 0 Å². The van der Waals surface area contributed by atoms with Gasteiger partial charge in [0.15, 0.2) is 5.75 Å². The predicted octanol–water partition coefficient (Wildman–Crippen LogP) is 1.90. The number of sulfonamides is 1. The molecule has 23 heavy (non-hydrogen) atoms. The van der Waals surface area contributed by atoms with E-state index in [1.54, 1.807) is 19.1 Å². The molecule has 3 N–H and O–H groups in total. The lowest BCUT2D eigenvalue weighted by Gasteiger charge is -2.12. The highest BCUT2D eigenvalue weighted by Crippen LogP contribution is 2.29. The highest BCUT2D eigenvalue weighted by Gasteiger charge is 2.21. The van der Waals surface area contributed by atoms with Crippen molar-refractivity contribution in [3.8, 4) is 5.75 Å². The Hall–Kier alpha value is -2.65. The summed E-state index contributed by atoms with van der Waals surface area (Å²) in [6.07, 6.45) is 0. The van der Waals surface area contributed by atoms with Gasteiger partial charge in [0, 0.05) is 6.07 Å². The first kappa shape index (κ1) is 16.7. The highest BCUT2D eigenvalue weighted by molar-refractivity contribution is 7.92. The number of nitro benzene ring substituents is 1. The van der Waals surface area contributed by atoms with E-state index < -0.39 is 26.4 Å². The molecule has 0 bridgehead atoms. The third kappa shape index (κ3) is 3.58. The molecule has 9 heteroatoms. The van der Waals surface area contributed by atoms with Gasteiger partial charge in [-0.25, -0.2) is 8.42 Å². The lowest BCUT2D eigenvalue weighted by Crippen LogP contribution is -2.14. The van der Waals surface area contributed by atoms with Crippen LogP contribution < -0.4 is 4.72 Å². The van der Waals surface area contributed by atoms with E-state index in [9.17, 15) is 23.6 Å². The zero-order valence-corrected chi connectivity index (χ0v) is 12.9. The zero-order valence-electron chi connectivity index (χ0n) is 12.1. The molecular formula is C14H14N2O6S. The molecule has 0 aromatic heterocycles. The molecule has 0 radical (unpaired) electrons. The van der Waals surface area contributed by atoms with Crippen LogP contribution in [0.4, 0.5) is 11.4 Å². The molecule has 0 aliphatic carbocycles. The Morgan fingerprint density at radius 3 is 2.52 bits per heavy atom. The van der Waals surface area contributed by atoms with Crippen molar-refractivity contribution >= 4 is 21.4 Å². The summed E-state index contributed by atoms with van der Waals surface area (Å²) in [5.74, 6) is -0.618. The van der Waals surface area contributed by atoms with Crippen LogP contribution in [0.15, 0.2) is 41.3 Å². The van der Waals surface area contributed by atoms with Crippen LogP contribution in [0.5, 0.6) is 5.75 Å². The summed E-state index contributed by atoms with van der Waals surface area (Å²) in [5.41, 5.74) is 0.699. The van der Waals surface area contributed by atoms with Gasteiger partial charge >= 0.3 is 5.69 Å². The van der Waals surface area contributed by atoms with Crippen molar-refractivity contribution in [3.05, 3.63) is 57.6 Å². The maximum Gasteiger partial charge on any atom is 0.312 e. The molecule has 0 aliphatic rings. The molecule has 122 valence electrons. The number of phenols is 1. The van der Waals surface area contributed by atoms with Gasteiger partial charge in [-0.3, -0.25) is 14.8 Å². The Morgan fingerprint density at radius 1 is 1.22 bits per heavy atom. The normalized spacial score (nSPS) is 11.2. The van der Waals surface area contributed by atoms with Crippen LogP contribution in [0.2, 0.25) is 0 Å². The van der Waals surface area contributed by atoms with Crippen molar-refractivity contribution in [2.24, 2.45) is 0 Å². The Balaban J connectivity index is 2.44. The van der Waals surface area contributed by atoms with Crippen molar-refractivity contribution < 1.29 is 23.6 Å². The summed E-state index contributed by atoms with van der Waals surface area (Å²) in [6.45, 7) is 1.43. The number of hydrogen-bond donors (Lipinski definition) is 3. The summed E-state index contributed by atoms with van der Waals surface area (Å²) in [5, 5.41) is 29.3. The van der Waals surface area contributed by atoms with E-state index in [1.807, 2.05) is 0 Å². The fourth-order valence-corrected chi connectivity index (χ4v) is 3.04. The Kier molecular flexibility index (Phi) is 4.52. The number of benzene rings is 2. The smallest absolute Gasteiger partial charge is 0.312 e. The van der Waals surface area contributed by atoms with Gasteiger partial charge < -0.3 is 10.2 Å². The molecule has 0 heterocycles. The topological polar surface area (TPSA) is 130 Å². The second kappa shape index (κ2) is 6.23. The zero-order chi connectivity index (χ0) is 17.2. The number of rotatable bonds is 5. The molecule has 8 nitrogen and oxygen atoms in total. The fraction of sp³-hybridized carbons (Fsp3) is 0.143. The lowest BCUT2D eigenvalue weighted by molar-refractivity contribution is -0.386. The quantitative estimate of drug-likeness (QED) is 0.564. The van der Waals surface area contributed by atoms with Gasteiger partial charge in [0.2, 0.25) is 0 Å². The van der Waals surface area contributed by atoms with Gasteiger partial charge in [0.05, 0.1) is 22.1 Å². The van der Waals surface area contributed by atoms with Gasteiger partial charge in [-0.15, -0.1) is 0 Å². The van der Waals surface area contributed by atoms with E-state index in [-0.39, 0.29) is 17.2 Å². The number of hydrogen-bond acceptors (Lipinski definition) is 6. The number of aryl methyl sites for hydroxylation is 1. The summed E-state index contributed by atoms with van der Waals surface area (Å²) in [6, 6.07) is 7.56. The third-order valence-corrected chi connectivity index (χ3v) is 4.55. The van der Waals surface area contributed by atoms with Crippen LogP contribution in [-0.2, 0) is 16.6 Å². The maximum atomic E-state index is 12.4. The second-order valence-corrected chi connectivity index (χ2v) is 6.50. The molecule has 0 saturated carbocycles. The largest absolute Gasteiger partial charge is 0.502 e. The number of phenolic OH excluding ortho intramolecular Hbond substituents is 1. The molecule has 0 atom stereocenters. The minimum Gasteiger partial charge on any atom is -0.502 e. The molecule has 2 aromatic carbocycles. The van der Waals surface area contributed by atoms with Gasteiger partial charge in [0.1, 0.15) is 0 Å². The summed E-state index contributed by atoms with van der Waals surface area (Å²) >= 11 is 0. The van der Waals surface area contributed by atoms with Crippen LogP contribution in [0.3, 0.4) is 0 Å². The minimum atomic E-state index is -4.08. The molecule has 0 saturated heterocycles. The molecule has 2 aromatic rings. The first-order valence-corrected chi connectivity index (χ1v) is 7.93. The van der Waals surface area contributed by atoms with Gasteiger partial charge in [-0.2, -0.15) is 0 Å². The SMILES string of the molecule is Cc1ccc(CO)cc1NS(=O)(=O)c1ccc(O)c([N+](=O)[O-])c1. The van der Waals surface area contributed by atoms with Crippen molar-refractivity contribution in [1.82, 2.24) is 0 Å². The van der Waals surface area contributed by atoms with Crippen molar-refractivity contribution in [2.45, 2.75) is 18.4 Å². The number of aromatic hydroxyl groups is 1. The first-order chi connectivity index (χ1) is 10.7. The summed E-state index contributed by atoms with van der Waals surface area (Å²) in [4.78, 5) is 9.58. The number of aliphatic hydroxyl groups excluding tert-OH is 1. The average Bonchev–Trinajstić information content (AvgIpc) is 2.49. The highest BCUT2D eigenvalue weighted by atomic mass is 32.2. The van der Waals surface area contributed by atoms with Crippen LogP contribution >= 0.6 is 0 Å². The van der Waals surface area contributed by atoms with Crippen molar-refractivity contribution in [3.63, 3.8) is 0 Å². The minimum absolute atomic E-state index is 0.250. The molecule has 0 unspecified atom stereocenters. The van der Waals surface area contributed by atoms with Crippen molar-refractivity contribution in [1.29, 1.82) is 0 Å². The number of nitro groups is 1. The number of nitrogens with zero attached hydrogens (tertiary/aromatic N) is 1. The van der Waals surface area contributed by atoms with Crippen LogP contribution in [0, 0.1) is 17.0 Å². The lowest BCUT2D eigenvalue weighted by atomic mass is 10.1. The molecule has 0 aliphatic heterocycles. The molecule has 0 amide bonds. The van der Waals surface area contributed by atoms with Crippen molar-refractivity contribution in [2.75, 3.05) is 4.72 Å². The second-order valence-electron chi connectivity index (χ2n) is 4.82. The van der Waals surface area contributed by atoms with E-state index in [1.165, 1.54) is 6.07 Å². The Bertz CT molecular complexity index is 864. The fourth-order valence-electron chi connectivity index (χ4n) is 1.90. The van der Waals surface area contributed by atoms with Crippen LogP contribution in [0.1, 0.15) is 11.1 Å². The standard InChI is InChI=1S/C14H14N2O6S/c1-9-2-3-10(8-17)6-12(9)15-23(21,22)11-4-5-14(18)13(7-11)16(19)20/h2-7,15,17-18H,8H2,1H3. The van der Waals surface area contributed by atoms with Gasteiger partial charge in [0.25, 0.3) is 10.0 Å².